The lowest BCUT2D eigenvalue weighted by Gasteiger charge is -2.26. The molecule has 20 heavy (non-hydrogen) atoms. The standard InChI is InChI=1S/C19H31N/c1-3-9-18(20-4-2)14-8-13-17-12-7-11-16-10-5-6-15-19(16)17/h5-6,10,15,17-18,20H,3-4,7-9,11-14H2,1-2H3. The summed E-state index contributed by atoms with van der Waals surface area (Å²) < 4.78 is 0. The summed E-state index contributed by atoms with van der Waals surface area (Å²) in [4.78, 5) is 0. The lowest BCUT2D eigenvalue weighted by atomic mass is 9.80. The molecule has 1 aliphatic rings. The molecule has 112 valence electrons. The Labute approximate surface area is 125 Å². The van der Waals surface area contributed by atoms with Gasteiger partial charge in [-0.3, -0.25) is 0 Å². The molecule has 0 fully saturated rings. The monoisotopic (exact) mass is 273 g/mol. The van der Waals surface area contributed by atoms with E-state index in [1.165, 1.54) is 51.4 Å². The maximum absolute atomic E-state index is 3.64. The van der Waals surface area contributed by atoms with Gasteiger partial charge in [0, 0.05) is 6.04 Å². The van der Waals surface area contributed by atoms with E-state index < -0.39 is 0 Å². The smallest absolute Gasteiger partial charge is 0.00668 e. The summed E-state index contributed by atoms with van der Waals surface area (Å²) in [5.74, 6) is 0.823. The third-order valence-electron chi connectivity index (χ3n) is 4.73. The molecule has 0 aromatic heterocycles. The van der Waals surface area contributed by atoms with Gasteiger partial charge in [-0.15, -0.1) is 0 Å². The maximum Gasteiger partial charge on any atom is 0.00668 e. The van der Waals surface area contributed by atoms with Gasteiger partial charge in [-0.05, 0) is 62.1 Å². The SMILES string of the molecule is CCCC(CCCC1CCCc2ccccc21)NCC. The highest BCUT2D eigenvalue weighted by Crippen LogP contribution is 2.35. The molecule has 1 aromatic carbocycles. The minimum atomic E-state index is 0.740. The van der Waals surface area contributed by atoms with Gasteiger partial charge in [-0.25, -0.2) is 0 Å². The van der Waals surface area contributed by atoms with E-state index in [-0.39, 0.29) is 0 Å². The summed E-state index contributed by atoms with van der Waals surface area (Å²) in [7, 11) is 0. The minimum absolute atomic E-state index is 0.740. The number of fused-ring (bicyclic) bond motifs is 1. The zero-order valence-corrected chi connectivity index (χ0v) is 13.3. The largest absolute Gasteiger partial charge is 0.314 e. The third kappa shape index (κ3) is 4.34. The molecule has 0 amide bonds. The Morgan fingerprint density at radius 3 is 2.85 bits per heavy atom. The van der Waals surface area contributed by atoms with Crippen LogP contribution in [0, 0.1) is 0 Å². The summed E-state index contributed by atoms with van der Waals surface area (Å²) in [6.45, 7) is 5.62. The van der Waals surface area contributed by atoms with Crippen molar-refractivity contribution in [1.29, 1.82) is 0 Å². The zero-order valence-electron chi connectivity index (χ0n) is 13.3. The van der Waals surface area contributed by atoms with Crippen LogP contribution in [-0.2, 0) is 6.42 Å². The van der Waals surface area contributed by atoms with Gasteiger partial charge in [0.15, 0.2) is 0 Å². The Balaban J connectivity index is 1.82. The number of nitrogens with one attached hydrogen (secondary N) is 1. The van der Waals surface area contributed by atoms with Crippen LogP contribution in [0.1, 0.15) is 75.8 Å². The van der Waals surface area contributed by atoms with Gasteiger partial charge < -0.3 is 5.32 Å². The van der Waals surface area contributed by atoms with Gasteiger partial charge in [0.1, 0.15) is 0 Å². The van der Waals surface area contributed by atoms with E-state index in [9.17, 15) is 0 Å². The lowest BCUT2D eigenvalue weighted by Crippen LogP contribution is -2.28. The van der Waals surface area contributed by atoms with E-state index in [1.807, 2.05) is 0 Å². The molecule has 2 unspecified atom stereocenters. The molecule has 2 atom stereocenters. The van der Waals surface area contributed by atoms with Crippen LogP contribution in [0.3, 0.4) is 0 Å². The van der Waals surface area contributed by atoms with Crippen molar-refractivity contribution in [1.82, 2.24) is 5.32 Å². The first-order chi connectivity index (χ1) is 9.85. The van der Waals surface area contributed by atoms with Crippen molar-refractivity contribution >= 4 is 0 Å². The van der Waals surface area contributed by atoms with Crippen LogP contribution >= 0.6 is 0 Å². The highest BCUT2D eigenvalue weighted by atomic mass is 14.9. The van der Waals surface area contributed by atoms with E-state index in [1.54, 1.807) is 11.1 Å². The molecule has 0 bridgehead atoms. The van der Waals surface area contributed by atoms with E-state index >= 15 is 0 Å². The molecule has 0 aliphatic heterocycles. The molecule has 0 heterocycles. The van der Waals surface area contributed by atoms with Gasteiger partial charge >= 0.3 is 0 Å². The molecule has 0 saturated heterocycles. The van der Waals surface area contributed by atoms with Crippen LogP contribution in [0.15, 0.2) is 24.3 Å². The van der Waals surface area contributed by atoms with E-state index in [0.29, 0.717) is 0 Å². The predicted octanol–water partition coefficient (Wildman–Crippen LogP) is 5.06. The lowest BCUT2D eigenvalue weighted by molar-refractivity contribution is 0.417. The molecular weight excluding hydrogens is 242 g/mol. The Hall–Kier alpha value is -0.820. The maximum atomic E-state index is 3.64. The second-order valence-corrected chi connectivity index (χ2v) is 6.26. The number of hydrogen-bond donors (Lipinski definition) is 1. The van der Waals surface area contributed by atoms with Crippen molar-refractivity contribution in [2.24, 2.45) is 0 Å². The Morgan fingerprint density at radius 1 is 1.20 bits per heavy atom. The van der Waals surface area contributed by atoms with Crippen molar-refractivity contribution in [3.8, 4) is 0 Å². The highest BCUT2D eigenvalue weighted by Gasteiger charge is 2.19. The fourth-order valence-corrected chi connectivity index (χ4v) is 3.75. The molecule has 1 N–H and O–H groups in total. The topological polar surface area (TPSA) is 12.0 Å². The van der Waals surface area contributed by atoms with Gasteiger partial charge in [-0.2, -0.15) is 0 Å². The molecule has 0 spiro atoms. The first-order valence-corrected chi connectivity index (χ1v) is 8.66. The second kappa shape index (κ2) is 8.46. The van der Waals surface area contributed by atoms with Crippen molar-refractivity contribution < 1.29 is 0 Å². The molecule has 0 saturated carbocycles. The van der Waals surface area contributed by atoms with Crippen LogP contribution in [0.5, 0.6) is 0 Å². The van der Waals surface area contributed by atoms with Crippen LogP contribution in [0.2, 0.25) is 0 Å². The van der Waals surface area contributed by atoms with Crippen LogP contribution in [-0.4, -0.2) is 12.6 Å². The van der Waals surface area contributed by atoms with Crippen LogP contribution in [0.4, 0.5) is 0 Å². The summed E-state index contributed by atoms with van der Waals surface area (Å²) in [5.41, 5.74) is 3.26. The van der Waals surface area contributed by atoms with Crippen molar-refractivity contribution in [3.05, 3.63) is 35.4 Å². The van der Waals surface area contributed by atoms with Gasteiger partial charge in [0.05, 0.1) is 0 Å². The average Bonchev–Trinajstić information content (AvgIpc) is 2.48. The van der Waals surface area contributed by atoms with Gasteiger partial charge in [0.25, 0.3) is 0 Å². The normalized spacial score (nSPS) is 19.6. The zero-order chi connectivity index (χ0) is 14.2. The third-order valence-corrected chi connectivity index (χ3v) is 4.73. The predicted molar refractivity (Wildman–Crippen MR) is 88.3 cm³/mol. The molecular formula is C19H31N. The van der Waals surface area contributed by atoms with Crippen molar-refractivity contribution in [3.63, 3.8) is 0 Å². The fourth-order valence-electron chi connectivity index (χ4n) is 3.75. The second-order valence-electron chi connectivity index (χ2n) is 6.26. The van der Waals surface area contributed by atoms with E-state index in [0.717, 1.165) is 18.5 Å². The van der Waals surface area contributed by atoms with Gasteiger partial charge in [0.2, 0.25) is 0 Å². The van der Waals surface area contributed by atoms with Crippen molar-refractivity contribution in [2.45, 2.75) is 77.2 Å². The Morgan fingerprint density at radius 2 is 2.05 bits per heavy atom. The van der Waals surface area contributed by atoms with E-state index in [2.05, 4.69) is 43.4 Å². The van der Waals surface area contributed by atoms with Gasteiger partial charge in [-0.1, -0.05) is 51.0 Å². The first kappa shape index (κ1) is 15.6. The quantitative estimate of drug-likeness (QED) is 0.698. The molecule has 1 aromatic rings. The summed E-state index contributed by atoms with van der Waals surface area (Å²) in [6, 6.07) is 9.86. The minimum Gasteiger partial charge on any atom is -0.314 e. The van der Waals surface area contributed by atoms with Crippen LogP contribution in [0.25, 0.3) is 0 Å². The summed E-state index contributed by atoms with van der Waals surface area (Å²) >= 11 is 0. The molecule has 1 heteroatoms. The van der Waals surface area contributed by atoms with Crippen LogP contribution < -0.4 is 5.32 Å². The number of rotatable bonds is 8. The molecule has 2 rings (SSSR count). The number of benzene rings is 1. The number of aryl methyl sites for hydroxylation is 1. The summed E-state index contributed by atoms with van der Waals surface area (Å²) in [5, 5.41) is 3.64. The first-order valence-electron chi connectivity index (χ1n) is 8.66. The molecule has 0 radical (unpaired) electrons. The fraction of sp³-hybridized carbons (Fsp3) is 0.684. The number of hydrogen-bond acceptors (Lipinski definition) is 1. The average molecular weight is 273 g/mol. The van der Waals surface area contributed by atoms with Crippen molar-refractivity contribution in [2.75, 3.05) is 6.54 Å². The Bertz CT molecular complexity index is 379. The summed E-state index contributed by atoms with van der Waals surface area (Å²) in [6.07, 6.45) is 10.8. The Kier molecular flexibility index (Phi) is 6.59. The van der Waals surface area contributed by atoms with E-state index in [4.69, 9.17) is 0 Å². The molecule has 1 nitrogen and oxygen atoms in total. The molecule has 1 aliphatic carbocycles. The highest BCUT2D eigenvalue weighted by molar-refractivity contribution is 5.32.